The van der Waals surface area contributed by atoms with Crippen LogP contribution < -0.4 is 5.32 Å². The first kappa shape index (κ1) is 15.5. The van der Waals surface area contributed by atoms with Crippen molar-refractivity contribution in [1.29, 1.82) is 0 Å². The Balaban J connectivity index is 2.96. The fraction of sp³-hybridized carbons (Fsp3) is 0.333. The van der Waals surface area contributed by atoms with Crippen molar-refractivity contribution in [2.75, 3.05) is 0 Å². The Morgan fingerprint density at radius 2 is 2.00 bits per heavy atom. The van der Waals surface area contributed by atoms with Crippen molar-refractivity contribution < 1.29 is 24.0 Å². The number of hydrogen-bond acceptors (Lipinski definition) is 4. The lowest BCUT2D eigenvalue weighted by Gasteiger charge is -2.17. The predicted octanol–water partition coefficient (Wildman–Crippen LogP) is 1.57. The van der Waals surface area contributed by atoms with E-state index < -0.39 is 34.3 Å². The van der Waals surface area contributed by atoms with Crippen LogP contribution in [-0.4, -0.2) is 27.9 Å². The molecule has 0 fully saturated rings. The molecule has 108 valence electrons. The van der Waals surface area contributed by atoms with E-state index in [0.717, 1.165) is 12.1 Å². The highest BCUT2D eigenvalue weighted by molar-refractivity contribution is 5.96. The van der Waals surface area contributed by atoms with E-state index in [2.05, 4.69) is 5.32 Å². The number of aliphatic carboxylic acids is 1. The number of carbonyl (C=O) groups is 2. The highest BCUT2D eigenvalue weighted by atomic mass is 19.1. The molecular weight excluding hydrogens is 271 g/mol. The summed E-state index contributed by atoms with van der Waals surface area (Å²) in [4.78, 5) is 32.3. The summed E-state index contributed by atoms with van der Waals surface area (Å²) in [6.45, 7) is 3.21. The molecule has 1 rings (SSSR count). The van der Waals surface area contributed by atoms with Crippen LogP contribution in [0, 0.1) is 21.8 Å². The Bertz CT molecular complexity index is 559. The average Bonchev–Trinajstić information content (AvgIpc) is 2.34. The van der Waals surface area contributed by atoms with Crippen LogP contribution in [0.3, 0.4) is 0 Å². The second-order valence-electron chi connectivity index (χ2n) is 4.46. The van der Waals surface area contributed by atoms with Gasteiger partial charge in [-0.1, -0.05) is 13.8 Å². The molecular formula is C12H13FN2O5. The number of hydrogen-bond donors (Lipinski definition) is 2. The molecule has 0 aliphatic rings. The fourth-order valence-corrected chi connectivity index (χ4v) is 1.53. The zero-order valence-electron chi connectivity index (χ0n) is 10.8. The number of nitrogens with one attached hydrogen (secondary N) is 1. The molecule has 20 heavy (non-hydrogen) atoms. The molecule has 0 heterocycles. The number of nitro groups is 1. The van der Waals surface area contributed by atoms with Gasteiger partial charge >= 0.3 is 11.7 Å². The lowest BCUT2D eigenvalue weighted by molar-refractivity contribution is -0.387. The third-order valence-corrected chi connectivity index (χ3v) is 2.63. The number of carbonyl (C=O) groups excluding carboxylic acids is 1. The maximum atomic E-state index is 13.4. The molecule has 2 N–H and O–H groups in total. The minimum absolute atomic E-state index is 0.181. The van der Waals surface area contributed by atoms with Crippen LogP contribution in [0.2, 0.25) is 0 Å². The molecule has 0 saturated carbocycles. The summed E-state index contributed by atoms with van der Waals surface area (Å²) in [6.07, 6.45) is 0. The predicted molar refractivity (Wildman–Crippen MR) is 66.8 cm³/mol. The van der Waals surface area contributed by atoms with Crippen molar-refractivity contribution in [2.24, 2.45) is 5.92 Å². The van der Waals surface area contributed by atoms with Gasteiger partial charge in [0.15, 0.2) is 0 Å². The molecule has 7 nitrogen and oxygen atoms in total. The van der Waals surface area contributed by atoms with Gasteiger partial charge in [-0.15, -0.1) is 0 Å². The summed E-state index contributed by atoms with van der Waals surface area (Å²) in [5, 5.41) is 21.6. The van der Waals surface area contributed by atoms with Crippen LogP contribution in [-0.2, 0) is 4.79 Å². The van der Waals surface area contributed by atoms with Gasteiger partial charge in [-0.2, -0.15) is 4.39 Å². The standard InChI is InChI=1S/C12H13FN2O5/c1-6(2)10(12(17)18)14-11(16)7-3-4-9(15(19)20)8(13)5-7/h3-6,10H,1-2H3,(H,14,16)(H,17,18). The highest BCUT2D eigenvalue weighted by Crippen LogP contribution is 2.18. The normalized spacial score (nSPS) is 12.0. The first-order valence-corrected chi connectivity index (χ1v) is 5.71. The molecule has 1 aromatic rings. The third-order valence-electron chi connectivity index (χ3n) is 2.63. The molecule has 0 radical (unpaired) electrons. The summed E-state index contributed by atoms with van der Waals surface area (Å²) in [6, 6.07) is 1.50. The van der Waals surface area contributed by atoms with Crippen LogP contribution in [0.25, 0.3) is 0 Å². The zero-order valence-corrected chi connectivity index (χ0v) is 10.8. The van der Waals surface area contributed by atoms with Crippen molar-refractivity contribution >= 4 is 17.6 Å². The van der Waals surface area contributed by atoms with E-state index in [1.165, 1.54) is 0 Å². The van der Waals surface area contributed by atoms with Crippen molar-refractivity contribution in [3.05, 3.63) is 39.7 Å². The van der Waals surface area contributed by atoms with Gasteiger partial charge < -0.3 is 10.4 Å². The Hall–Kier alpha value is -2.51. The zero-order chi connectivity index (χ0) is 15.4. The molecule has 0 aliphatic heterocycles. The highest BCUT2D eigenvalue weighted by Gasteiger charge is 2.25. The molecule has 8 heteroatoms. The quantitative estimate of drug-likeness (QED) is 0.630. The van der Waals surface area contributed by atoms with Gasteiger partial charge in [-0.05, 0) is 18.1 Å². The Morgan fingerprint density at radius 3 is 2.40 bits per heavy atom. The number of nitro benzene ring substituents is 1. The topological polar surface area (TPSA) is 110 Å². The van der Waals surface area contributed by atoms with Gasteiger partial charge in [0.1, 0.15) is 6.04 Å². The Labute approximate surface area is 113 Å². The average molecular weight is 284 g/mol. The maximum absolute atomic E-state index is 13.4. The molecule has 0 saturated heterocycles. The van der Waals surface area contributed by atoms with Gasteiger partial charge in [-0.25, -0.2) is 4.79 Å². The number of rotatable bonds is 5. The van der Waals surface area contributed by atoms with E-state index in [4.69, 9.17) is 5.11 Å². The van der Waals surface area contributed by atoms with Gasteiger partial charge in [-0.3, -0.25) is 14.9 Å². The lowest BCUT2D eigenvalue weighted by atomic mass is 10.0. The maximum Gasteiger partial charge on any atom is 0.326 e. The van der Waals surface area contributed by atoms with Crippen LogP contribution in [0.4, 0.5) is 10.1 Å². The summed E-state index contributed by atoms with van der Waals surface area (Å²) < 4.78 is 13.4. The van der Waals surface area contributed by atoms with Crippen molar-refractivity contribution in [1.82, 2.24) is 5.32 Å². The van der Waals surface area contributed by atoms with E-state index in [9.17, 15) is 24.1 Å². The number of nitrogens with zero attached hydrogens (tertiary/aromatic N) is 1. The molecule has 0 spiro atoms. The molecule has 1 atom stereocenters. The molecule has 1 aromatic carbocycles. The third kappa shape index (κ3) is 3.50. The smallest absolute Gasteiger partial charge is 0.326 e. The fourth-order valence-electron chi connectivity index (χ4n) is 1.53. The minimum atomic E-state index is -1.21. The summed E-state index contributed by atoms with van der Waals surface area (Å²) in [5.41, 5.74) is -0.930. The number of carboxylic acid groups (broad SMARTS) is 1. The first-order valence-electron chi connectivity index (χ1n) is 5.71. The summed E-state index contributed by atoms with van der Waals surface area (Å²) >= 11 is 0. The van der Waals surface area contributed by atoms with Gasteiger partial charge in [0.05, 0.1) is 4.92 Å². The van der Waals surface area contributed by atoms with Crippen molar-refractivity contribution in [2.45, 2.75) is 19.9 Å². The van der Waals surface area contributed by atoms with E-state index in [-0.39, 0.29) is 11.5 Å². The van der Waals surface area contributed by atoms with Crippen LogP contribution in [0.15, 0.2) is 18.2 Å². The monoisotopic (exact) mass is 284 g/mol. The van der Waals surface area contributed by atoms with Gasteiger partial charge in [0, 0.05) is 11.6 Å². The molecule has 0 aromatic heterocycles. The Kier molecular flexibility index (Phi) is 4.73. The number of amides is 1. The van der Waals surface area contributed by atoms with E-state index in [0.29, 0.717) is 6.07 Å². The van der Waals surface area contributed by atoms with Crippen LogP contribution in [0.5, 0.6) is 0 Å². The number of benzene rings is 1. The lowest BCUT2D eigenvalue weighted by Crippen LogP contribution is -2.44. The molecule has 0 bridgehead atoms. The minimum Gasteiger partial charge on any atom is -0.480 e. The number of carboxylic acids is 1. The second-order valence-corrected chi connectivity index (χ2v) is 4.46. The molecule has 1 amide bonds. The molecule has 0 aliphatic carbocycles. The van der Waals surface area contributed by atoms with Gasteiger partial charge in [0.25, 0.3) is 5.91 Å². The number of halogens is 1. The summed E-state index contributed by atoms with van der Waals surface area (Å²) in [7, 11) is 0. The SMILES string of the molecule is CC(C)C(NC(=O)c1ccc([N+](=O)[O-])c(F)c1)C(=O)O. The second kappa shape index (κ2) is 6.09. The van der Waals surface area contributed by atoms with E-state index in [1.807, 2.05) is 0 Å². The first-order chi connectivity index (χ1) is 9.23. The van der Waals surface area contributed by atoms with Crippen LogP contribution >= 0.6 is 0 Å². The molecule has 1 unspecified atom stereocenters. The van der Waals surface area contributed by atoms with E-state index in [1.54, 1.807) is 13.8 Å². The van der Waals surface area contributed by atoms with E-state index >= 15 is 0 Å². The summed E-state index contributed by atoms with van der Waals surface area (Å²) in [5.74, 6) is -3.53. The Morgan fingerprint density at radius 1 is 1.40 bits per heavy atom. The van der Waals surface area contributed by atoms with Crippen LogP contribution in [0.1, 0.15) is 24.2 Å². The van der Waals surface area contributed by atoms with Crippen molar-refractivity contribution in [3.63, 3.8) is 0 Å². The largest absolute Gasteiger partial charge is 0.480 e. The van der Waals surface area contributed by atoms with Crippen molar-refractivity contribution in [3.8, 4) is 0 Å². The van der Waals surface area contributed by atoms with Gasteiger partial charge in [0.2, 0.25) is 5.82 Å².